The van der Waals surface area contributed by atoms with Crippen LogP contribution in [0.2, 0.25) is 0 Å². The van der Waals surface area contributed by atoms with Crippen LogP contribution in [0.3, 0.4) is 0 Å². The normalized spacial score (nSPS) is 12.8. The molecular formula is C15H14FN3. The van der Waals surface area contributed by atoms with Crippen molar-refractivity contribution in [1.82, 2.24) is 9.55 Å². The molecular weight excluding hydrogens is 241 g/mol. The van der Waals surface area contributed by atoms with E-state index in [2.05, 4.69) is 4.98 Å². The second-order valence-electron chi connectivity index (χ2n) is 4.56. The smallest absolute Gasteiger partial charge is 0.130 e. The minimum Gasteiger partial charge on any atom is -0.324 e. The van der Waals surface area contributed by atoms with Crippen molar-refractivity contribution in [2.45, 2.75) is 13.0 Å². The third-order valence-electron chi connectivity index (χ3n) is 3.20. The van der Waals surface area contributed by atoms with E-state index in [0.717, 1.165) is 16.7 Å². The van der Waals surface area contributed by atoms with E-state index in [9.17, 15) is 4.39 Å². The van der Waals surface area contributed by atoms with E-state index < -0.39 is 0 Å². The van der Waals surface area contributed by atoms with Gasteiger partial charge < -0.3 is 5.73 Å². The van der Waals surface area contributed by atoms with Crippen molar-refractivity contribution in [3.05, 3.63) is 60.2 Å². The van der Waals surface area contributed by atoms with Crippen LogP contribution in [0.5, 0.6) is 0 Å². The molecule has 1 unspecified atom stereocenters. The maximum absolute atomic E-state index is 14.0. The van der Waals surface area contributed by atoms with E-state index in [4.69, 9.17) is 5.73 Å². The molecule has 0 amide bonds. The summed E-state index contributed by atoms with van der Waals surface area (Å²) in [6.07, 6.45) is 1.70. The minimum absolute atomic E-state index is 0.287. The molecule has 0 aliphatic carbocycles. The lowest BCUT2D eigenvalue weighted by molar-refractivity contribution is 0.591. The number of fused-ring (bicyclic) bond motifs is 1. The zero-order chi connectivity index (χ0) is 13.4. The minimum atomic E-state index is -0.377. The van der Waals surface area contributed by atoms with E-state index in [-0.39, 0.29) is 11.9 Å². The molecule has 0 saturated heterocycles. The van der Waals surface area contributed by atoms with E-state index in [1.807, 2.05) is 34.9 Å². The number of para-hydroxylation sites is 2. The molecule has 3 rings (SSSR count). The van der Waals surface area contributed by atoms with Crippen LogP contribution in [-0.2, 0) is 0 Å². The van der Waals surface area contributed by atoms with Gasteiger partial charge in [-0.25, -0.2) is 9.37 Å². The average Bonchev–Trinajstić information content (AvgIpc) is 2.81. The quantitative estimate of drug-likeness (QED) is 0.764. The van der Waals surface area contributed by atoms with Crippen LogP contribution >= 0.6 is 0 Å². The lowest BCUT2D eigenvalue weighted by atomic mass is 10.1. The first kappa shape index (κ1) is 11.9. The molecule has 2 aromatic carbocycles. The summed E-state index contributed by atoms with van der Waals surface area (Å²) in [5.41, 5.74) is 8.95. The first-order valence-corrected chi connectivity index (χ1v) is 6.15. The molecule has 2 N–H and O–H groups in total. The van der Waals surface area contributed by atoms with E-state index in [1.165, 1.54) is 6.07 Å². The van der Waals surface area contributed by atoms with Crippen molar-refractivity contribution in [1.29, 1.82) is 0 Å². The Bertz CT molecular complexity index is 731. The maximum Gasteiger partial charge on any atom is 0.130 e. The Morgan fingerprint density at radius 1 is 1.16 bits per heavy atom. The van der Waals surface area contributed by atoms with Gasteiger partial charge in [0, 0.05) is 11.6 Å². The van der Waals surface area contributed by atoms with Crippen molar-refractivity contribution in [2.24, 2.45) is 5.73 Å². The topological polar surface area (TPSA) is 43.8 Å². The molecule has 0 radical (unpaired) electrons. The largest absolute Gasteiger partial charge is 0.324 e. The maximum atomic E-state index is 14.0. The highest BCUT2D eigenvalue weighted by Crippen LogP contribution is 2.26. The second kappa shape index (κ2) is 4.48. The summed E-state index contributed by atoms with van der Waals surface area (Å²) in [7, 11) is 0. The molecule has 0 fully saturated rings. The Kier molecular flexibility index (Phi) is 2.80. The highest BCUT2D eigenvalue weighted by molar-refractivity contribution is 5.77. The molecule has 0 spiro atoms. The van der Waals surface area contributed by atoms with E-state index >= 15 is 0 Å². The van der Waals surface area contributed by atoms with Crippen LogP contribution in [0, 0.1) is 5.82 Å². The summed E-state index contributed by atoms with van der Waals surface area (Å²) < 4.78 is 15.9. The molecule has 96 valence electrons. The fourth-order valence-electron chi connectivity index (χ4n) is 2.34. The van der Waals surface area contributed by atoms with Crippen LogP contribution in [0.4, 0.5) is 4.39 Å². The standard InChI is InChI=1S/C15H14FN3/c1-10(17)15-11(16)5-4-8-14(15)19-9-18-12-6-2-3-7-13(12)19/h2-10H,17H2,1H3. The molecule has 3 aromatic rings. The molecule has 4 heteroatoms. The fraction of sp³-hybridized carbons (Fsp3) is 0.133. The van der Waals surface area contributed by atoms with Gasteiger partial charge in [0.25, 0.3) is 0 Å². The first-order chi connectivity index (χ1) is 9.18. The zero-order valence-corrected chi connectivity index (χ0v) is 10.5. The summed E-state index contributed by atoms with van der Waals surface area (Å²) >= 11 is 0. The molecule has 1 heterocycles. The predicted molar refractivity (Wildman–Crippen MR) is 73.6 cm³/mol. The summed E-state index contributed by atoms with van der Waals surface area (Å²) in [5.74, 6) is -0.287. The van der Waals surface area contributed by atoms with Gasteiger partial charge in [-0.05, 0) is 31.2 Å². The molecule has 1 atom stereocenters. The van der Waals surface area contributed by atoms with Crippen molar-refractivity contribution in [2.75, 3.05) is 0 Å². The van der Waals surface area contributed by atoms with Gasteiger partial charge >= 0.3 is 0 Å². The van der Waals surface area contributed by atoms with Crippen LogP contribution in [0.1, 0.15) is 18.5 Å². The number of hydrogen-bond donors (Lipinski definition) is 1. The summed E-state index contributed by atoms with van der Waals surface area (Å²) in [6, 6.07) is 12.3. The van der Waals surface area contributed by atoms with Gasteiger partial charge in [0.1, 0.15) is 12.1 Å². The lowest BCUT2D eigenvalue weighted by Crippen LogP contribution is -2.11. The monoisotopic (exact) mass is 255 g/mol. The van der Waals surface area contributed by atoms with Gasteiger partial charge in [-0.3, -0.25) is 4.57 Å². The van der Waals surface area contributed by atoms with Gasteiger partial charge in [-0.15, -0.1) is 0 Å². The molecule has 0 aliphatic rings. The van der Waals surface area contributed by atoms with E-state index in [1.54, 1.807) is 19.3 Å². The highest BCUT2D eigenvalue weighted by Gasteiger charge is 2.15. The molecule has 3 nitrogen and oxygen atoms in total. The van der Waals surface area contributed by atoms with Crippen molar-refractivity contribution >= 4 is 11.0 Å². The molecule has 0 bridgehead atoms. The third-order valence-corrected chi connectivity index (χ3v) is 3.20. The number of imidazole rings is 1. The Labute approximate surface area is 110 Å². The van der Waals surface area contributed by atoms with Gasteiger partial charge in [-0.2, -0.15) is 0 Å². The number of rotatable bonds is 2. The van der Waals surface area contributed by atoms with Crippen LogP contribution in [0.25, 0.3) is 16.7 Å². The van der Waals surface area contributed by atoms with Crippen molar-refractivity contribution in [3.63, 3.8) is 0 Å². The van der Waals surface area contributed by atoms with Gasteiger partial charge in [0.15, 0.2) is 0 Å². The van der Waals surface area contributed by atoms with Crippen molar-refractivity contribution < 1.29 is 4.39 Å². The van der Waals surface area contributed by atoms with Gasteiger partial charge in [-0.1, -0.05) is 18.2 Å². The Morgan fingerprint density at radius 3 is 2.74 bits per heavy atom. The number of aromatic nitrogens is 2. The van der Waals surface area contributed by atoms with Crippen molar-refractivity contribution in [3.8, 4) is 5.69 Å². The van der Waals surface area contributed by atoms with Crippen LogP contribution in [0.15, 0.2) is 48.8 Å². The number of hydrogen-bond acceptors (Lipinski definition) is 2. The lowest BCUT2D eigenvalue weighted by Gasteiger charge is -2.15. The Hall–Kier alpha value is -2.20. The SMILES string of the molecule is CC(N)c1c(F)cccc1-n1cnc2ccccc21. The summed E-state index contributed by atoms with van der Waals surface area (Å²) in [5, 5.41) is 0. The van der Waals surface area contributed by atoms with Gasteiger partial charge in [0.05, 0.1) is 16.7 Å². The van der Waals surface area contributed by atoms with Crippen LogP contribution < -0.4 is 5.73 Å². The molecule has 1 aromatic heterocycles. The first-order valence-electron chi connectivity index (χ1n) is 6.15. The average molecular weight is 255 g/mol. The molecule has 0 aliphatic heterocycles. The number of benzene rings is 2. The number of nitrogens with zero attached hydrogens (tertiary/aromatic N) is 2. The second-order valence-corrected chi connectivity index (χ2v) is 4.56. The van der Waals surface area contributed by atoms with E-state index in [0.29, 0.717) is 5.56 Å². The number of nitrogens with two attached hydrogens (primary N) is 1. The third kappa shape index (κ3) is 1.90. The predicted octanol–water partition coefficient (Wildman–Crippen LogP) is 3.18. The highest BCUT2D eigenvalue weighted by atomic mass is 19.1. The number of halogens is 1. The van der Waals surface area contributed by atoms with Gasteiger partial charge in [0.2, 0.25) is 0 Å². The molecule has 19 heavy (non-hydrogen) atoms. The Balaban J connectivity index is 2.30. The molecule has 0 saturated carbocycles. The Morgan fingerprint density at radius 2 is 1.95 bits per heavy atom. The summed E-state index contributed by atoms with van der Waals surface area (Å²) in [6.45, 7) is 1.78. The fourth-order valence-corrected chi connectivity index (χ4v) is 2.34. The van der Waals surface area contributed by atoms with Crippen LogP contribution in [-0.4, -0.2) is 9.55 Å². The zero-order valence-electron chi connectivity index (χ0n) is 10.5. The summed E-state index contributed by atoms with van der Waals surface area (Å²) in [4.78, 5) is 4.32.